The van der Waals surface area contributed by atoms with Gasteiger partial charge in [0.15, 0.2) is 5.82 Å². The van der Waals surface area contributed by atoms with E-state index in [1.807, 2.05) is 44.4 Å². The third-order valence-corrected chi connectivity index (χ3v) is 5.04. The van der Waals surface area contributed by atoms with Crippen LogP contribution in [0.25, 0.3) is 10.9 Å². The first kappa shape index (κ1) is 21.5. The number of aryl methyl sites for hydroxylation is 1. The molecule has 9 heteroatoms. The van der Waals surface area contributed by atoms with Gasteiger partial charge in [0.05, 0.1) is 11.2 Å². The van der Waals surface area contributed by atoms with Gasteiger partial charge in [0.2, 0.25) is 5.88 Å². The Morgan fingerprint density at radius 1 is 1.12 bits per heavy atom. The van der Waals surface area contributed by atoms with Crippen molar-refractivity contribution in [3.8, 4) is 11.6 Å². The van der Waals surface area contributed by atoms with Crippen molar-refractivity contribution in [3.63, 3.8) is 0 Å². The summed E-state index contributed by atoms with van der Waals surface area (Å²) in [5.74, 6) is 1.61. The SMILES string of the molecule is CNCc1cc(Oc2ccc3c(ccn3C(=O)Nc3cc(C(C)(C)C)n(C)n3)c2)ncn1. The first-order chi connectivity index (χ1) is 15.2. The number of ether oxygens (including phenoxy) is 1. The minimum absolute atomic E-state index is 0.0707. The van der Waals surface area contributed by atoms with Gasteiger partial charge in [0.25, 0.3) is 0 Å². The van der Waals surface area contributed by atoms with Crippen molar-refractivity contribution in [2.75, 3.05) is 12.4 Å². The number of nitrogens with one attached hydrogen (secondary N) is 2. The molecule has 32 heavy (non-hydrogen) atoms. The van der Waals surface area contributed by atoms with Gasteiger partial charge in [-0.25, -0.2) is 14.8 Å². The second kappa shape index (κ2) is 8.43. The summed E-state index contributed by atoms with van der Waals surface area (Å²) in [5, 5.41) is 11.2. The van der Waals surface area contributed by atoms with Crippen LogP contribution in [0.15, 0.2) is 48.9 Å². The third-order valence-electron chi connectivity index (χ3n) is 5.04. The normalized spacial score (nSPS) is 11.7. The highest BCUT2D eigenvalue weighted by atomic mass is 16.5. The summed E-state index contributed by atoms with van der Waals surface area (Å²) in [7, 11) is 3.73. The van der Waals surface area contributed by atoms with E-state index in [0.29, 0.717) is 24.0 Å². The van der Waals surface area contributed by atoms with Crippen LogP contribution >= 0.6 is 0 Å². The van der Waals surface area contributed by atoms with E-state index >= 15 is 0 Å². The van der Waals surface area contributed by atoms with Crippen LogP contribution in [0.1, 0.15) is 32.2 Å². The first-order valence-corrected chi connectivity index (χ1v) is 10.3. The Labute approximate surface area is 186 Å². The fourth-order valence-corrected chi connectivity index (χ4v) is 3.59. The van der Waals surface area contributed by atoms with Gasteiger partial charge in [0.1, 0.15) is 12.1 Å². The van der Waals surface area contributed by atoms with Gasteiger partial charge >= 0.3 is 6.03 Å². The molecule has 4 rings (SSSR count). The second-order valence-corrected chi connectivity index (χ2v) is 8.60. The van der Waals surface area contributed by atoms with Crippen LogP contribution < -0.4 is 15.4 Å². The molecule has 0 aliphatic carbocycles. The van der Waals surface area contributed by atoms with Crippen LogP contribution in [0, 0.1) is 0 Å². The summed E-state index contributed by atoms with van der Waals surface area (Å²) in [6.07, 6.45) is 3.21. The molecule has 0 unspecified atom stereocenters. The standard InChI is InChI=1S/C23H27N7O2/c1-23(2,3)19-12-20(28-29(19)5)27-22(31)30-9-8-15-10-17(6-7-18(15)30)32-21-11-16(13-24-4)25-14-26-21/h6-12,14,24H,13H2,1-5H3,(H,27,28,31). The lowest BCUT2D eigenvalue weighted by Crippen LogP contribution is -2.18. The molecular weight excluding hydrogens is 406 g/mol. The quantitative estimate of drug-likeness (QED) is 0.493. The average Bonchev–Trinajstić information content (AvgIpc) is 3.31. The van der Waals surface area contributed by atoms with E-state index in [4.69, 9.17) is 4.74 Å². The zero-order valence-corrected chi connectivity index (χ0v) is 18.9. The summed E-state index contributed by atoms with van der Waals surface area (Å²) >= 11 is 0. The van der Waals surface area contributed by atoms with Gasteiger partial charge < -0.3 is 10.1 Å². The molecule has 3 aromatic heterocycles. The van der Waals surface area contributed by atoms with Crippen molar-refractivity contribution in [2.45, 2.75) is 32.7 Å². The second-order valence-electron chi connectivity index (χ2n) is 8.60. The third kappa shape index (κ3) is 4.47. The van der Waals surface area contributed by atoms with Gasteiger partial charge in [-0.2, -0.15) is 5.10 Å². The number of hydrogen-bond donors (Lipinski definition) is 2. The maximum Gasteiger partial charge on any atom is 0.331 e. The van der Waals surface area contributed by atoms with Crippen molar-refractivity contribution in [2.24, 2.45) is 7.05 Å². The van der Waals surface area contributed by atoms with Crippen LogP contribution in [-0.2, 0) is 19.0 Å². The molecule has 0 fully saturated rings. The van der Waals surface area contributed by atoms with Crippen molar-refractivity contribution >= 4 is 22.8 Å². The monoisotopic (exact) mass is 433 g/mol. The highest BCUT2D eigenvalue weighted by Crippen LogP contribution is 2.27. The summed E-state index contributed by atoms with van der Waals surface area (Å²) in [4.78, 5) is 21.2. The molecule has 2 N–H and O–H groups in total. The zero-order valence-electron chi connectivity index (χ0n) is 18.9. The van der Waals surface area contributed by atoms with E-state index in [1.54, 1.807) is 21.5 Å². The van der Waals surface area contributed by atoms with E-state index in [1.165, 1.54) is 6.33 Å². The van der Waals surface area contributed by atoms with Crippen LogP contribution in [0.4, 0.5) is 10.6 Å². The molecule has 0 saturated carbocycles. The zero-order chi connectivity index (χ0) is 22.9. The van der Waals surface area contributed by atoms with Crippen LogP contribution in [0.3, 0.4) is 0 Å². The van der Waals surface area contributed by atoms with Crippen molar-refractivity contribution in [1.29, 1.82) is 0 Å². The number of aromatic nitrogens is 5. The number of fused-ring (bicyclic) bond motifs is 1. The number of anilines is 1. The molecular formula is C23H27N7O2. The van der Waals surface area contributed by atoms with E-state index in [-0.39, 0.29) is 11.4 Å². The molecule has 0 radical (unpaired) electrons. The Morgan fingerprint density at radius 3 is 2.66 bits per heavy atom. The number of nitrogens with zero attached hydrogens (tertiary/aromatic N) is 5. The predicted molar refractivity (Wildman–Crippen MR) is 123 cm³/mol. The van der Waals surface area contributed by atoms with Gasteiger partial charge in [0, 0.05) is 48.4 Å². The fourth-order valence-electron chi connectivity index (χ4n) is 3.59. The molecule has 0 saturated heterocycles. The lowest BCUT2D eigenvalue weighted by Gasteiger charge is -2.17. The minimum Gasteiger partial charge on any atom is -0.439 e. The van der Waals surface area contributed by atoms with Crippen molar-refractivity contribution in [1.82, 2.24) is 29.6 Å². The topological polar surface area (TPSA) is 98.9 Å². The van der Waals surface area contributed by atoms with Crippen LogP contribution in [0.5, 0.6) is 11.6 Å². The number of carbonyl (C=O) groups is 1. The molecule has 0 atom stereocenters. The number of carbonyl (C=O) groups excluding carboxylic acids is 1. The first-order valence-electron chi connectivity index (χ1n) is 10.3. The Kier molecular flexibility index (Phi) is 5.67. The largest absolute Gasteiger partial charge is 0.439 e. The number of hydrogen-bond acceptors (Lipinski definition) is 6. The minimum atomic E-state index is -0.278. The van der Waals surface area contributed by atoms with Crippen molar-refractivity contribution < 1.29 is 9.53 Å². The van der Waals surface area contributed by atoms with E-state index < -0.39 is 0 Å². The maximum absolute atomic E-state index is 12.9. The summed E-state index contributed by atoms with van der Waals surface area (Å²) < 4.78 is 9.23. The molecule has 0 bridgehead atoms. The molecule has 9 nitrogen and oxygen atoms in total. The number of benzene rings is 1. The van der Waals surface area contributed by atoms with E-state index in [2.05, 4.69) is 46.5 Å². The summed E-state index contributed by atoms with van der Waals surface area (Å²) in [5.41, 5.74) is 2.57. The Bertz CT molecular complexity index is 1270. The Balaban J connectivity index is 1.53. The van der Waals surface area contributed by atoms with E-state index in [9.17, 15) is 4.79 Å². The molecule has 4 aromatic rings. The molecule has 0 aliphatic heterocycles. The molecule has 1 amide bonds. The predicted octanol–water partition coefficient (Wildman–Crippen LogP) is 4.05. The van der Waals surface area contributed by atoms with Crippen LogP contribution in [-0.4, -0.2) is 37.4 Å². The Hall–Kier alpha value is -3.72. The molecule has 0 aliphatic rings. The molecule has 0 spiro atoms. The summed E-state index contributed by atoms with van der Waals surface area (Å²) in [6.45, 7) is 6.95. The molecule has 3 heterocycles. The van der Waals surface area contributed by atoms with Crippen LogP contribution in [0.2, 0.25) is 0 Å². The maximum atomic E-state index is 12.9. The average molecular weight is 434 g/mol. The van der Waals surface area contributed by atoms with Gasteiger partial charge in [-0.1, -0.05) is 20.8 Å². The lowest BCUT2D eigenvalue weighted by atomic mass is 9.92. The van der Waals surface area contributed by atoms with E-state index in [0.717, 1.165) is 22.3 Å². The van der Waals surface area contributed by atoms with Gasteiger partial charge in [-0.3, -0.25) is 14.6 Å². The smallest absolute Gasteiger partial charge is 0.331 e. The fraction of sp³-hybridized carbons (Fsp3) is 0.304. The summed E-state index contributed by atoms with van der Waals surface area (Å²) in [6, 6.07) is 10.8. The highest BCUT2D eigenvalue weighted by molar-refractivity contribution is 5.98. The number of amides is 1. The van der Waals surface area contributed by atoms with Crippen molar-refractivity contribution in [3.05, 3.63) is 60.3 Å². The molecule has 166 valence electrons. The number of rotatable bonds is 5. The van der Waals surface area contributed by atoms with Gasteiger partial charge in [-0.15, -0.1) is 0 Å². The Morgan fingerprint density at radius 2 is 1.94 bits per heavy atom. The highest BCUT2D eigenvalue weighted by Gasteiger charge is 2.20. The molecule has 1 aromatic carbocycles. The van der Waals surface area contributed by atoms with Gasteiger partial charge in [-0.05, 0) is 31.3 Å². The lowest BCUT2D eigenvalue weighted by molar-refractivity contribution is 0.254.